The van der Waals surface area contributed by atoms with Crippen molar-refractivity contribution in [3.8, 4) is 5.75 Å². The lowest BCUT2D eigenvalue weighted by atomic mass is 9.96. The summed E-state index contributed by atoms with van der Waals surface area (Å²) in [7, 11) is 1.59. The number of nitrogens with zero attached hydrogens (tertiary/aromatic N) is 3. The van der Waals surface area contributed by atoms with E-state index in [4.69, 9.17) is 17.0 Å². The van der Waals surface area contributed by atoms with Gasteiger partial charge in [-0.15, -0.1) is 0 Å². The van der Waals surface area contributed by atoms with Crippen LogP contribution in [0.1, 0.15) is 46.7 Å². The molecule has 1 amide bonds. The monoisotopic (exact) mass is 539 g/mol. The van der Waals surface area contributed by atoms with E-state index in [-0.39, 0.29) is 24.4 Å². The van der Waals surface area contributed by atoms with Crippen LogP contribution in [0.15, 0.2) is 85.1 Å². The Morgan fingerprint density at radius 2 is 1.79 bits per heavy atom. The first-order chi connectivity index (χ1) is 19.0. The van der Waals surface area contributed by atoms with Gasteiger partial charge in [-0.2, -0.15) is 0 Å². The molecule has 0 spiro atoms. The van der Waals surface area contributed by atoms with Gasteiger partial charge in [-0.3, -0.25) is 9.78 Å². The number of ether oxygens (including phenoxy) is 1. The molecule has 0 aliphatic carbocycles. The van der Waals surface area contributed by atoms with Gasteiger partial charge in [-0.25, -0.2) is 0 Å². The maximum Gasteiger partial charge on any atom is 0.226 e. The van der Waals surface area contributed by atoms with Crippen LogP contribution in [0.3, 0.4) is 0 Å². The Morgan fingerprint density at radius 1 is 1.05 bits per heavy atom. The van der Waals surface area contributed by atoms with Crippen LogP contribution in [0.25, 0.3) is 0 Å². The summed E-state index contributed by atoms with van der Waals surface area (Å²) in [5.74, 6) is 0.528. The van der Waals surface area contributed by atoms with Gasteiger partial charge in [-0.1, -0.05) is 48.5 Å². The zero-order chi connectivity index (χ0) is 27.4. The van der Waals surface area contributed by atoms with E-state index in [2.05, 4.69) is 69.3 Å². The van der Waals surface area contributed by atoms with E-state index in [0.717, 1.165) is 12.2 Å². The van der Waals surface area contributed by atoms with Crippen LogP contribution in [-0.4, -0.2) is 39.1 Å². The molecular formula is C31H33N5O2S. The SMILES string of the molecule is COc1ccccc1NC(=O)CCN1C(=S)NC(c2ccccn2)C1c1cc(C)n(Cc2ccccc2)c1C. The van der Waals surface area contributed by atoms with E-state index >= 15 is 0 Å². The summed E-state index contributed by atoms with van der Waals surface area (Å²) in [6.45, 7) is 5.55. The van der Waals surface area contributed by atoms with E-state index in [0.29, 0.717) is 23.1 Å². The topological polar surface area (TPSA) is 71.4 Å². The lowest BCUT2D eigenvalue weighted by Gasteiger charge is -2.28. The Morgan fingerprint density at radius 3 is 2.54 bits per heavy atom. The Kier molecular flexibility index (Phi) is 7.93. The Balaban J connectivity index is 1.43. The van der Waals surface area contributed by atoms with Gasteiger partial charge in [0.25, 0.3) is 0 Å². The van der Waals surface area contributed by atoms with Crippen molar-refractivity contribution in [2.75, 3.05) is 19.0 Å². The first-order valence-corrected chi connectivity index (χ1v) is 13.5. The standard InChI is InChI=1S/C31H33N5O2S/c1-21-19-24(22(2)36(21)20-23-11-5-4-6-12-23)30-29(26-14-9-10-17-32-26)34-31(39)35(30)18-16-28(37)33-25-13-7-8-15-27(25)38-3/h4-15,17,19,29-30H,16,18,20H2,1-3H3,(H,33,37)(H,34,39). The van der Waals surface area contributed by atoms with Gasteiger partial charge in [0.2, 0.25) is 5.91 Å². The van der Waals surface area contributed by atoms with Crippen molar-refractivity contribution in [1.29, 1.82) is 0 Å². The number of pyridine rings is 1. The minimum absolute atomic E-state index is 0.100. The minimum Gasteiger partial charge on any atom is -0.495 e. The maximum absolute atomic E-state index is 13.0. The average Bonchev–Trinajstić information content (AvgIpc) is 3.43. The number of nitrogens with one attached hydrogen (secondary N) is 2. The Labute approximate surface area is 234 Å². The zero-order valence-corrected chi connectivity index (χ0v) is 23.2. The number of aryl methyl sites for hydroxylation is 1. The molecular weight excluding hydrogens is 506 g/mol. The second-order valence-electron chi connectivity index (χ2n) is 9.72. The van der Waals surface area contributed by atoms with E-state index < -0.39 is 0 Å². The fourth-order valence-corrected chi connectivity index (χ4v) is 5.64. The first-order valence-electron chi connectivity index (χ1n) is 13.1. The molecule has 1 aliphatic heterocycles. The second-order valence-corrected chi connectivity index (χ2v) is 10.1. The number of benzene rings is 2. The number of hydrogen-bond donors (Lipinski definition) is 2. The summed E-state index contributed by atoms with van der Waals surface area (Å²) in [5, 5.41) is 7.10. The third kappa shape index (κ3) is 5.66. The fraction of sp³-hybridized carbons (Fsp3) is 0.258. The summed E-state index contributed by atoms with van der Waals surface area (Å²) in [6, 6.07) is 25.8. The number of para-hydroxylation sites is 2. The van der Waals surface area contributed by atoms with Crippen LogP contribution in [0.2, 0.25) is 0 Å². The molecule has 2 N–H and O–H groups in total. The molecule has 4 aromatic rings. The van der Waals surface area contributed by atoms with Gasteiger partial charge in [0.1, 0.15) is 5.75 Å². The number of hydrogen-bond acceptors (Lipinski definition) is 4. The normalized spacial score (nSPS) is 16.7. The molecule has 2 unspecified atom stereocenters. The number of aromatic nitrogens is 2. The third-order valence-corrected chi connectivity index (χ3v) is 7.63. The number of rotatable bonds is 9. The molecule has 3 heterocycles. The summed E-state index contributed by atoms with van der Waals surface area (Å²) in [4.78, 5) is 19.8. The molecule has 7 nitrogen and oxygen atoms in total. The van der Waals surface area contributed by atoms with Crippen LogP contribution in [0, 0.1) is 13.8 Å². The van der Waals surface area contributed by atoms with Crippen molar-refractivity contribution >= 4 is 28.9 Å². The molecule has 5 rings (SSSR count). The molecule has 1 fully saturated rings. The van der Waals surface area contributed by atoms with Gasteiger partial charge in [-0.05, 0) is 67.5 Å². The lowest BCUT2D eigenvalue weighted by molar-refractivity contribution is -0.116. The molecule has 1 aliphatic rings. The molecule has 0 saturated carbocycles. The highest BCUT2D eigenvalue weighted by molar-refractivity contribution is 7.80. The van der Waals surface area contributed by atoms with Crippen LogP contribution in [0.5, 0.6) is 5.75 Å². The molecule has 0 bridgehead atoms. The third-order valence-electron chi connectivity index (χ3n) is 7.27. The number of amides is 1. The van der Waals surface area contributed by atoms with E-state index in [1.807, 2.05) is 48.5 Å². The van der Waals surface area contributed by atoms with Gasteiger partial charge in [0.05, 0.1) is 30.6 Å². The average molecular weight is 540 g/mol. The minimum atomic E-state index is -0.137. The Bertz CT molecular complexity index is 1450. The number of carbonyl (C=O) groups is 1. The molecule has 2 aromatic carbocycles. The highest BCUT2D eigenvalue weighted by Crippen LogP contribution is 2.41. The van der Waals surface area contributed by atoms with Crippen molar-refractivity contribution in [3.05, 3.63) is 113 Å². The van der Waals surface area contributed by atoms with E-state index in [1.54, 1.807) is 13.3 Å². The van der Waals surface area contributed by atoms with Crippen LogP contribution >= 0.6 is 12.2 Å². The molecule has 39 heavy (non-hydrogen) atoms. The highest BCUT2D eigenvalue weighted by atomic mass is 32.1. The van der Waals surface area contributed by atoms with Crippen molar-refractivity contribution in [2.45, 2.75) is 38.9 Å². The zero-order valence-electron chi connectivity index (χ0n) is 22.4. The lowest BCUT2D eigenvalue weighted by Crippen LogP contribution is -2.33. The van der Waals surface area contributed by atoms with Gasteiger partial charge < -0.3 is 24.8 Å². The summed E-state index contributed by atoms with van der Waals surface area (Å²) >= 11 is 5.83. The van der Waals surface area contributed by atoms with Crippen molar-refractivity contribution in [3.63, 3.8) is 0 Å². The summed E-state index contributed by atoms with van der Waals surface area (Å²) < 4.78 is 7.72. The van der Waals surface area contributed by atoms with Gasteiger partial charge in [0.15, 0.2) is 5.11 Å². The first kappa shape index (κ1) is 26.4. The molecule has 200 valence electrons. The summed E-state index contributed by atoms with van der Waals surface area (Å²) in [6.07, 6.45) is 2.08. The predicted molar refractivity (Wildman–Crippen MR) is 158 cm³/mol. The molecule has 2 atom stereocenters. The molecule has 8 heteroatoms. The van der Waals surface area contributed by atoms with Crippen molar-refractivity contribution < 1.29 is 9.53 Å². The number of anilines is 1. The molecule has 0 radical (unpaired) electrons. The number of carbonyl (C=O) groups excluding carboxylic acids is 1. The van der Waals surface area contributed by atoms with Crippen LogP contribution < -0.4 is 15.4 Å². The second kappa shape index (κ2) is 11.7. The van der Waals surface area contributed by atoms with Crippen molar-refractivity contribution in [2.24, 2.45) is 0 Å². The molecule has 1 saturated heterocycles. The van der Waals surface area contributed by atoms with Crippen LogP contribution in [0.4, 0.5) is 5.69 Å². The smallest absolute Gasteiger partial charge is 0.226 e. The predicted octanol–water partition coefficient (Wildman–Crippen LogP) is 5.56. The van der Waals surface area contributed by atoms with Crippen molar-refractivity contribution in [1.82, 2.24) is 19.8 Å². The summed E-state index contributed by atoms with van der Waals surface area (Å²) in [5.41, 5.74) is 6.35. The van der Waals surface area contributed by atoms with E-state index in [9.17, 15) is 4.79 Å². The Hall–Kier alpha value is -4.17. The van der Waals surface area contributed by atoms with Gasteiger partial charge in [0, 0.05) is 37.1 Å². The maximum atomic E-state index is 13.0. The quantitative estimate of drug-likeness (QED) is 0.272. The number of methoxy groups -OCH3 is 1. The largest absolute Gasteiger partial charge is 0.495 e. The molecule has 2 aromatic heterocycles. The van der Waals surface area contributed by atoms with E-state index in [1.165, 1.54) is 22.5 Å². The highest BCUT2D eigenvalue weighted by Gasteiger charge is 2.41. The van der Waals surface area contributed by atoms with Crippen LogP contribution in [-0.2, 0) is 11.3 Å². The number of thiocarbonyl (C=S) groups is 1. The fourth-order valence-electron chi connectivity index (χ4n) is 5.30. The van der Waals surface area contributed by atoms with Gasteiger partial charge >= 0.3 is 0 Å².